The first-order chi connectivity index (χ1) is 15.6. The number of nitrogens with one attached hydrogen (secondary N) is 1. The van der Waals surface area contributed by atoms with E-state index in [1.165, 1.54) is 0 Å². The van der Waals surface area contributed by atoms with E-state index in [0.29, 0.717) is 18.0 Å². The van der Waals surface area contributed by atoms with E-state index in [1.807, 2.05) is 66.7 Å². The maximum absolute atomic E-state index is 13.1. The molecule has 1 aliphatic heterocycles. The van der Waals surface area contributed by atoms with Gasteiger partial charge in [0.15, 0.2) is 0 Å². The molecule has 1 aromatic heterocycles. The van der Waals surface area contributed by atoms with Crippen molar-refractivity contribution in [3.05, 3.63) is 84.6 Å². The van der Waals surface area contributed by atoms with Crippen LogP contribution >= 0.6 is 0 Å². The van der Waals surface area contributed by atoms with Gasteiger partial charge in [0.05, 0.1) is 17.8 Å². The molecule has 1 fully saturated rings. The van der Waals surface area contributed by atoms with Gasteiger partial charge >= 0.3 is 0 Å². The molecule has 0 radical (unpaired) electrons. The van der Waals surface area contributed by atoms with Crippen molar-refractivity contribution < 1.29 is 14.3 Å². The zero-order chi connectivity index (χ0) is 22.3. The summed E-state index contributed by atoms with van der Waals surface area (Å²) in [4.78, 5) is 31.2. The van der Waals surface area contributed by atoms with Crippen molar-refractivity contribution in [2.45, 2.75) is 18.9 Å². The number of para-hydroxylation sites is 1. The number of anilines is 2. The Morgan fingerprint density at radius 1 is 1.03 bits per heavy atom. The maximum Gasteiger partial charge on any atom is 0.270 e. The van der Waals surface area contributed by atoms with Gasteiger partial charge in [-0.2, -0.15) is 0 Å². The predicted octanol–water partition coefficient (Wildman–Crippen LogP) is 3.54. The van der Waals surface area contributed by atoms with E-state index in [1.54, 1.807) is 12.3 Å². The number of primary amides is 1. The zero-order valence-corrected chi connectivity index (χ0v) is 17.7. The molecular weight excluding hydrogens is 404 g/mol. The van der Waals surface area contributed by atoms with E-state index in [9.17, 15) is 9.59 Å². The van der Waals surface area contributed by atoms with Gasteiger partial charge in [-0.1, -0.05) is 48.5 Å². The Bertz CT molecular complexity index is 1040. The number of nitrogens with zero attached hydrogens (tertiary/aromatic N) is 2. The third-order valence-electron chi connectivity index (χ3n) is 5.50. The van der Waals surface area contributed by atoms with Crippen molar-refractivity contribution in [3.8, 4) is 5.75 Å². The normalized spacial score (nSPS) is 16.8. The number of ether oxygens (including phenoxy) is 1. The second-order valence-corrected chi connectivity index (χ2v) is 7.80. The fraction of sp³-hybridized carbons (Fsp3) is 0.240. The van der Waals surface area contributed by atoms with Crippen LogP contribution < -0.4 is 20.7 Å². The Morgan fingerprint density at radius 2 is 1.75 bits per heavy atom. The molecule has 2 aromatic carbocycles. The molecule has 3 aromatic rings. The largest absolute Gasteiger partial charge is 0.476 e. The average Bonchev–Trinajstić information content (AvgIpc) is 2.84. The molecule has 2 atom stereocenters. The summed E-state index contributed by atoms with van der Waals surface area (Å²) in [6.07, 6.45) is 2.51. The lowest BCUT2D eigenvalue weighted by molar-refractivity contribution is -0.123. The Kier molecular flexibility index (Phi) is 6.65. The van der Waals surface area contributed by atoms with Crippen LogP contribution in [0, 0.1) is 5.92 Å². The first kappa shape index (κ1) is 21.4. The van der Waals surface area contributed by atoms with Gasteiger partial charge in [0.1, 0.15) is 11.6 Å². The van der Waals surface area contributed by atoms with Gasteiger partial charge in [-0.15, -0.1) is 0 Å². The number of carbonyl (C=O) groups excluding carboxylic acids is 2. The van der Waals surface area contributed by atoms with E-state index in [-0.39, 0.29) is 17.7 Å². The van der Waals surface area contributed by atoms with Crippen LogP contribution in [0.2, 0.25) is 0 Å². The number of amides is 2. The molecule has 4 rings (SSSR count). The van der Waals surface area contributed by atoms with Gasteiger partial charge in [-0.05, 0) is 37.1 Å². The average molecular weight is 431 g/mol. The molecule has 0 bridgehead atoms. The molecule has 0 spiro atoms. The second-order valence-electron chi connectivity index (χ2n) is 7.80. The van der Waals surface area contributed by atoms with Crippen LogP contribution in [0.3, 0.4) is 0 Å². The van der Waals surface area contributed by atoms with Gasteiger partial charge in [-0.3, -0.25) is 9.59 Å². The Hall–Kier alpha value is -3.87. The van der Waals surface area contributed by atoms with E-state index < -0.39 is 6.10 Å². The number of pyridine rings is 1. The standard InChI is InChI=1S/C25H26N4O3/c26-24(30)19-10-7-15-29(17-19)22-14-13-20(16-27-22)28-25(31)23(18-8-3-1-4-9-18)32-21-11-5-2-6-12-21/h1-6,8-9,11-14,16,19,23H,7,10,15,17H2,(H2,26,30)(H,28,31). The number of benzene rings is 2. The molecule has 7 heteroatoms. The number of hydrogen-bond donors (Lipinski definition) is 2. The van der Waals surface area contributed by atoms with Gasteiger partial charge < -0.3 is 20.7 Å². The van der Waals surface area contributed by atoms with Gasteiger partial charge in [0.25, 0.3) is 5.91 Å². The molecule has 164 valence electrons. The first-order valence-corrected chi connectivity index (χ1v) is 10.7. The Balaban J connectivity index is 1.46. The molecule has 32 heavy (non-hydrogen) atoms. The van der Waals surface area contributed by atoms with Crippen molar-refractivity contribution in [1.82, 2.24) is 4.98 Å². The van der Waals surface area contributed by atoms with Gasteiger partial charge in [0.2, 0.25) is 12.0 Å². The lowest BCUT2D eigenvalue weighted by Gasteiger charge is -2.32. The third-order valence-corrected chi connectivity index (χ3v) is 5.50. The van der Waals surface area contributed by atoms with Gasteiger partial charge in [-0.25, -0.2) is 4.98 Å². The van der Waals surface area contributed by atoms with Crippen molar-refractivity contribution >= 4 is 23.3 Å². The summed E-state index contributed by atoms with van der Waals surface area (Å²) in [6.45, 7) is 1.39. The van der Waals surface area contributed by atoms with Crippen molar-refractivity contribution in [1.29, 1.82) is 0 Å². The molecule has 2 amide bonds. The minimum atomic E-state index is -0.809. The lowest BCUT2D eigenvalue weighted by Crippen LogP contribution is -2.41. The lowest BCUT2D eigenvalue weighted by atomic mass is 9.97. The minimum absolute atomic E-state index is 0.160. The van der Waals surface area contributed by atoms with Crippen molar-refractivity contribution in [2.24, 2.45) is 11.7 Å². The van der Waals surface area contributed by atoms with E-state index in [2.05, 4.69) is 15.2 Å². The molecule has 0 saturated carbocycles. The fourth-order valence-corrected chi connectivity index (χ4v) is 3.81. The summed E-state index contributed by atoms with van der Waals surface area (Å²) in [6, 6.07) is 22.3. The van der Waals surface area contributed by atoms with Crippen molar-refractivity contribution in [2.75, 3.05) is 23.3 Å². The van der Waals surface area contributed by atoms with Crippen LogP contribution in [0.25, 0.3) is 0 Å². The molecule has 0 aliphatic carbocycles. The first-order valence-electron chi connectivity index (χ1n) is 10.7. The zero-order valence-electron chi connectivity index (χ0n) is 17.7. The highest BCUT2D eigenvalue weighted by Crippen LogP contribution is 2.25. The summed E-state index contributed by atoms with van der Waals surface area (Å²) in [5.74, 6) is 0.644. The highest BCUT2D eigenvalue weighted by molar-refractivity contribution is 5.95. The summed E-state index contributed by atoms with van der Waals surface area (Å²) in [5, 5.41) is 2.90. The fourth-order valence-electron chi connectivity index (χ4n) is 3.81. The highest BCUT2D eigenvalue weighted by atomic mass is 16.5. The highest BCUT2D eigenvalue weighted by Gasteiger charge is 2.25. The molecule has 3 N–H and O–H groups in total. The summed E-state index contributed by atoms with van der Waals surface area (Å²) in [5.41, 5.74) is 6.80. The van der Waals surface area contributed by atoms with E-state index in [0.717, 1.165) is 30.8 Å². The SMILES string of the molecule is NC(=O)C1CCCN(c2ccc(NC(=O)C(Oc3ccccc3)c3ccccc3)cn2)C1. The molecular formula is C25H26N4O3. The third kappa shape index (κ3) is 5.24. The summed E-state index contributed by atoms with van der Waals surface area (Å²) in [7, 11) is 0. The number of hydrogen-bond acceptors (Lipinski definition) is 5. The minimum Gasteiger partial charge on any atom is -0.476 e. The number of carbonyl (C=O) groups is 2. The monoisotopic (exact) mass is 430 g/mol. The molecule has 2 heterocycles. The van der Waals surface area contributed by atoms with Crippen LogP contribution in [-0.4, -0.2) is 29.9 Å². The quantitative estimate of drug-likeness (QED) is 0.598. The number of rotatable bonds is 7. The van der Waals surface area contributed by atoms with Crippen molar-refractivity contribution in [3.63, 3.8) is 0 Å². The van der Waals surface area contributed by atoms with Crippen LogP contribution in [0.4, 0.5) is 11.5 Å². The second kappa shape index (κ2) is 9.96. The molecule has 2 unspecified atom stereocenters. The van der Waals surface area contributed by atoms with E-state index >= 15 is 0 Å². The molecule has 7 nitrogen and oxygen atoms in total. The summed E-state index contributed by atoms with van der Waals surface area (Å²) >= 11 is 0. The number of piperidine rings is 1. The van der Waals surface area contributed by atoms with Crippen LogP contribution in [0.1, 0.15) is 24.5 Å². The van der Waals surface area contributed by atoms with Gasteiger partial charge in [0, 0.05) is 18.7 Å². The maximum atomic E-state index is 13.1. The van der Waals surface area contributed by atoms with Crippen LogP contribution in [0.15, 0.2) is 79.0 Å². The topological polar surface area (TPSA) is 97.6 Å². The van der Waals surface area contributed by atoms with E-state index in [4.69, 9.17) is 10.5 Å². The predicted molar refractivity (Wildman–Crippen MR) is 123 cm³/mol. The Labute approximate surface area is 187 Å². The number of aromatic nitrogens is 1. The summed E-state index contributed by atoms with van der Waals surface area (Å²) < 4.78 is 6.00. The van der Waals surface area contributed by atoms with Crippen LogP contribution in [0.5, 0.6) is 5.75 Å². The molecule has 1 saturated heterocycles. The Morgan fingerprint density at radius 3 is 2.41 bits per heavy atom. The molecule has 1 aliphatic rings. The van der Waals surface area contributed by atoms with Crippen LogP contribution in [-0.2, 0) is 9.59 Å². The smallest absolute Gasteiger partial charge is 0.270 e. The number of nitrogens with two attached hydrogens (primary N) is 1.